The van der Waals surface area contributed by atoms with Gasteiger partial charge in [-0.1, -0.05) is 6.07 Å². The molecule has 5 rings (SSSR count). The fourth-order valence-corrected chi connectivity index (χ4v) is 4.52. The summed E-state index contributed by atoms with van der Waals surface area (Å²) in [6.45, 7) is 0. The van der Waals surface area contributed by atoms with Crippen LogP contribution in [0.15, 0.2) is 48.8 Å². The number of carbonyl (C=O) groups excluding carboxylic acids is 1. The van der Waals surface area contributed by atoms with Crippen molar-refractivity contribution in [2.75, 3.05) is 11.1 Å². The fourth-order valence-electron chi connectivity index (χ4n) is 4.52. The lowest BCUT2D eigenvalue weighted by Gasteiger charge is -2.14. The maximum Gasteiger partial charge on any atom is 0.416 e. The Kier molecular flexibility index (Phi) is 5.22. The number of fused-ring (bicyclic) bond motifs is 3. The molecule has 0 unspecified atom stereocenters. The number of anilines is 2. The molecule has 1 aliphatic carbocycles. The van der Waals surface area contributed by atoms with E-state index in [4.69, 9.17) is 5.73 Å². The monoisotopic (exact) mass is 469 g/mol. The van der Waals surface area contributed by atoms with Crippen molar-refractivity contribution in [2.45, 2.75) is 31.9 Å². The summed E-state index contributed by atoms with van der Waals surface area (Å²) in [4.78, 5) is 21.0. The van der Waals surface area contributed by atoms with Crippen molar-refractivity contribution in [3.05, 3.63) is 77.0 Å². The van der Waals surface area contributed by atoms with Gasteiger partial charge < -0.3 is 15.6 Å². The number of halogens is 4. The Labute approximate surface area is 191 Å². The molecule has 2 aromatic carbocycles. The van der Waals surface area contributed by atoms with Crippen molar-refractivity contribution >= 4 is 28.4 Å². The van der Waals surface area contributed by atoms with Crippen molar-refractivity contribution in [2.24, 2.45) is 0 Å². The van der Waals surface area contributed by atoms with Crippen molar-refractivity contribution in [1.29, 1.82) is 0 Å². The second-order valence-electron chi connectivity index (χ2n) is 8.14. The first-order valence-electron chi connectivity index (χ1n) is 10.6. The molecule has 10 heteroatoms. The van der Waals surface area contributed by atoms with Gasteiger partial charge >= 0.3 is 6.18 Å². The number of alkyl halides is 3. The van der Waals surface area contributed by atoms with E-state index in [1.165, 1.54) is 6.33 Å². The summed E-state index contributed by atoms with van der Waals surface area (Å²) in [7, 11) is 0. The number of aryl methyl sites for hydroxylation is 1. The molecule has 2 aromatic heterocycles. The van der Waals surface area contributed by atoms with E-state index in [0.717, 1.165) is 59.4 Å². The highest BCUT2D eigenvalue weighted by molar-refractivity contribution is 5.93. The van der Waals surface area contributed by atoms with Gasteiger partial charge in [0.25, 0.3) is 0 Å². The highest BCUT2D eigenvalue weighted by Crippen LogP contribution is 2.36. The zero-order valence-electron chi connectivity index (χ0n) is 17.8. The Morgan fingerprint density at radius 1 is 1.09 bits per heavy atom. The van der Waals surface area contributed by atoms with E-state index in [0.29, 0.717) is 17.6 Å². The SMILES string of the molecule is Nc1ncnc2c3c(n(-c4ccc(NC(=O)Cc5ccc(F)cc5C(F)(F)F)cc4)c12)CCC3. The van der Waals surface area contributed by atoms with Crippen LogP contribution in [-0.4, -0.2) is 20.4 Å². The molecule has 0 aliphatic heterocycles. The molecule has 174 valence electrons. The predicted molar refractivity (Wildman–Crippen MR) is 119 cm³/mol. The van der Waals surface area contributed by atoms with Crippen LogP contribution in [0, 0.1) is 5.82 Å². The average molecular weight is 469 g/mol. The van der Waals surface area contributed by atoms with E-state index in [1.54, 1.807) is 24.3 Å². The highest BCUT2D eigenvalue weighted by atomic mass is 19.4. The summed E-state index contributed by atoms with van der Waals surface area (Å²) in [5.41, 5.74) is 9.75. The molecule has 6 nitrogen and oxygen atoms in total. The van der Waals surface area contributed by atoms with Crippen molar-refractivity contribution in [3.8, 4) is 5.69 Å². The van der Waals surface area contributed by atoms with Gasteiger partial charge in [-0.3, -0.25) is 4.79 Å². The first-order valence-corrected chi connectivity index (χ1v) is 10.6. The van der Waals surface area contributed by atoms with Gasteiger partial charge in [0.1, 0.15) is 17.7 Å². The van der Waals surface area contributed by atoms with Gasteiger partial charge in [-0.2, -0.15) is 13.2 Å². The van der Waals surface area contributed by atoms with Crippen LogP contribution in [0.3, 0.4) is 0 Å². The average Bonchev–Trinajstić information content (AvgIpc) is 3.37. The van der Waals surface area contributed by atoms with E-state index in [1.807, 2.05) is 4.57 Å². The largest absolute Gasteiger partial charge is 0.416 e. The molecule has 2 heterocycles. The third-order valence-corrected chi connectivity index (χ3v) is 5.96. The van der Waals surface area contributed by atoms with E-state index >= 15 is 0 Å². The molecular formula is C24H19F4N5O. The number of nitrogens with one attached hydrogen (secondary N) is 1. The number of carbonyl (C=O) groups is 1. The van der Waals surface area contributed by atoms with Gasteiger partial charge in [-0.05, 0) is 66.8 Å². The van der Waals surface area contributed by atoms with Crippen LogP contribution in [0.2, 0.25) is 0 Å². The molecule has 0 saturated heterocycles. The lowest BCUT2D eigenvalue weighted by molar-refractivity contribution is -0.138. The molecule has 1 amide bonds. The molecule has 1 aliphatic rings. The minimum atomic E-state index is -4.76. The Morgan fingerprint density at radius 2 is 1.85 bits per heavy atom. The Balaban J connectivity index is 1.39. The minimum Gasteiger partial charge on any atom is -0.382 e. The lowest BCUT2D eigenvalue weighted by atomic mass is 10.0. The number of hydrogen-bond donors (Lipinski definition) is 2. The van der Waals surface area contributed by atoms with E-state index in [9.17, 15) is 22.4 Å². The number of hydrogen-bond acceptors (Lipinski definition) is 4. The van der Waals surface area contributed by atoms with Crippen LogP contribution in [0.1, 0.15) is 28.8 Å². The van der Waals surface area contributed by atoms with Crippen molar-refractivity contribution < 1.29 is 22.4 Å². The number of rotatable bonds is 4. The molecule has 4 aromatic rings. The molecule has 34 heavy (non-hydrogen) atoms. The van der Waals surface area contributed by atoms with E-state index in [-0.39, 0.29) is 5.56 Å². The zero-order valence-corrected chi connectivity index (χ0v) is 17.8. The standard InChI is InChI=1S/C24H19F4N5O/c25-14-5-4-13(18(11-14)24(26,27)28)10-20(34)32-15-6-8-16(9-7-15)33-19-3-1-2-17(19)21-22(33)23(29)31-12-30-21/h4-9,11-12H,1-3,10H2,(H,32,34)(H2,29,30,31). The van der Waals surface area contributed by atoms with E-state index in [2.05, 4.69) is 15.3 Å². The maximum absolute atomic E-state index is 13.3. The van der Waals surface area contributed by atoms with Gasteiger partial charge in [0, 0.05) is 17.1 Å². The highest BCUT2D eigenvalue weighted by Gasteiger charge is 2.34. The normalized spacial score (nSPS) is 13.3. The van der Waals surface area contributed by atoms with Crippen LogP contribution < -0.4 is 11.1 Å². The quantitative estimate of drug-likeness (QED) is 0.419. The maximum atomic E-state index is 13.3. The van der Waals surface area contributed by atoms with Gasteiger partial charge in [-0.15, -0.1) is 0 Å². The molecular weight excluding hydrogens is 450 g/mol. The second kappa shape index (κ2) is 8.12. The molecule has 0 bridgehead atoms. The number of benzene rings is 2. The Bertz CT molecular complexity index is 1410. The number of aromatic nitrogens is 3. The van der Waals surface area contributed by atoms with Crippen LogP contribution >= 0.6 is 0 Å². The zero-order chi connectivity index (χ0) is 24.0. The summed E-state index contributed by atoms with van der Waals surface area (Å²) >= 11 is 0. The first kappa shape index (κ1) is 21.9. The predicted octanol–water partition coefficient (Wildman–Crippen LogP) is 4.83. The summed E-state index contributed by atoms with van der Waals surface area (Å²) in [5, 5.41) is 2.60. The van der Waals surface area contributed by atoms with Crippen LogP contribution in [0.25, 0.3) is 16.7 Å². The van der Waals surface area contributed by atoms with Crippen molar-refractivity contribution in [3.63, 3.8) is 0 Å². The van der Waals surface area contributed by atoms with E-state index < -0.39 is 29.9 Å². The van der Waals surface area contributed by atoms with Crippen molar-refractivity contribution in [1.82, 2.24) is 14.5 Å². The molecule has 0 fully saturated rings. The third-order valence-electron chi connectivity index (χ3n) is 5.96. The number of amides is 1. The fraction of sp³-hybridized carbons (Fsp3) is 0.208. The van der Waals surface area contributed by atoms with Gasteiger partial charge in [0.05, 0.1) is 17.5 Å². The molecule has 0 atom stereocenters. The molecule has 0 radical (unpaired) electrons. The van der Waals surface area contributed by atoms with Gasteiger partial charge in [-0.25, -0.2) is 14.4 Å². The van der Waals surface area contributed by atoms with Crippen LogP contribution in [0.4, 0.5) is 29.1 Å². The third kappa shape index (κ3) is 3.85. The molecule has 3 N–H and O–H groups in total. The second-order valence-corrected chi connectivity index (χ2v) is 8.14. The summed E-state index contributed by atoms with van der Waals surface area (Å²) in [6.07, 6.45) is -1.05. The van der Waals surface area contributed by atoms with Gasteiger partial charge in [0.2, 0.25) is 5.91 Å². The van der Waals surface area contributed by atoms with Gasteiger partial charge in [0.15, 0.2) is 5.82 Å². The number of nitrogens with two attached hydrogens (primary N) is 1. The topological polar surface area (TPSA) is 85.8 Å². The Hall–Kier alpha value is -3.95. The van der Waals surface area contributed by atoms with Crippen LogP contribution in [-0.2, 0) is 30.2 Å². The smallest absolute Gasteiger partial charge is 0.382 e. The Morgan fingerprint density at radius 3 is 2.59 bits per heavy atom. The molecule has 0 spiro atoms. The summed E-state index contributed by atoms with van der Waals surface area (Å²) in [5.74, 6) is -1.28. The van der Waals surface area contributed by atoms with Crippen LogP contribution in [0.5, 0.6) is 0 Å². The summed E-state index contributed by atoms with van der Waals surface area (Å²) in [6, 6.07) is 9.18. The summed E-state index contributed by atoms with van der Waals surface area (Å²) < 4.78 is 54.9. The molecule has 0 saturated carbocycles. The number of nitrogen functional groups attached to an aromatic ring is 1. The lowest BCUT2D eigenvalue weighted by Crippen LogP contribution is -2.18. The first-order chi connectivity index (χ1) is 16.2. The number of nitrogens with zero attached hydrogens (tertiary/aromatic N) is 3. The minimum absolute atomic E-state index is 0.298.